The Balaban J connectivity index is 1.31. The van der Waals surface area contributed by atoms with Gasteiger partial charge in [0.15, 0.2) is 0 Å². The van der Waals surface area contributed by atoms with Gasteiger partial charge in [0.25, 0.3) is 0 Å². The molecule has 3 heterocycles. The van der Waals surface area contributed by atoms with Crippen LogP contribution in [0.5, 0.6) is 0 Å². The van der Waals surface area contributed by atoms with Gasteiger partial charge in [0.1, 0.15) is 0 Å². The first-order valence-corrected chi connectivity index (χ1v) is 11.5. The first-order chi connectivity index (χ1) is 14.5. The third-order valence-electron chi connectivity index (χ3n) is 6.92. The average molecular weight is 414 g/mol. The number of nitrogens with one attached hydrogen (secondary N) is 1. The Morgan fingerprint density at radius 2 is 1.80 bits per heavy atom. The summed E-state index contributed by atoms with van der Waals surface area (Å²) in [6.07, 6.45) is 1.71. The number of rotatable bonds is 7. The molecule has 3 unspecified atom stereocenters. The maximum atomic E-state index is 12.7. The van der Waals surface area contributed by atoms with Gasteiger partial charge in [-0.2, -0.15) is 0 Å². The fourth-order valence-corrected chi connectivity index (χ4v) is 5.17. The van der Waals surface area contributed by atoms with Crippen molar-refractivity contribution in [1.82, 2.24) is 15.1 Å². The maximum absolute atomic E-state index is 12.7. The highest BCUT2D eigenvalue weighted by atomic mass is 16.5. The number of nitrogens with zero attached hydrogens (tertiary/aromatic N) is 2. The number of likely N-dealkylation sites (tertiary alicyclic amines) is 2. The van der Waals surface area contributed by atoms with Crippen molar-refractivity contribution in [3.63, 3.8) is 0 Å². The van der Waals surface area contributed by atoms with Crippen molar-refractivity contribution in [3.8, 4) is 0 Å². The van der Waals surface area contributed by atoms with Crippen molar-refractivity contribution < 1.29 is 14.3 Å². The molecule has 3 fully saturated rings. The topological polar surface area (TPSA) is 61.9 Å². The van der Waals surface area contributed by atoms with Crippen LogP contribution in [-0.4, -0.2) is 67.6 Å². The molecule has 164 valence electrons. The standard InChI is InChI=1S/C24H35N3O3/c1-17(2)24(29)27-14-20-12-26(13-21(20)15-27)10-8-22(18-6-4-3-5-7-18)25-23(28)19-9-11-30-16-19/h3-7,17,19-22H,8-16H2,1-2H3,(H,25,28)/t19?,20?,21?,22-/m0/s1. The zero-order chi connectivity index (χ0) is 21.1. The lowest BCUT2D eigenvalue weighted by Crippen LogP contribution is -2.38. The predicted molar refractivity (Wildman–Crippen MR) is 116 cm³/mol. The normalized spacial score (nSPS) is 27.4. The van der Waals surface area contributed by atoms with Gasteiger partial charge < -0.3 is 19.9 Å². The molecule has 3 aliphatic heterocycles. The lowest BCUT2D eigenvalue weighted by Gasteiger charge is -2.26. The molecule has 2 amide bonds. The molecule has 0 radical (unpaired) electrons. The lowest BCUT2D eigenvalue weighted by molar-refractivity contribution is -0.133. The third kappa shape index (κ3) is 4.86. The van der Waals surface area contributed by atoms with Crippen LogP contribution in [0.2, 0.25) is 0 Å². The van der Waals surface area contributed by atoms with Gasteiger partial charge in [0.2, 0.25) is 11.8 Å². The monoisotopic (exact) mass is 413 g/mol. The lowest BCUT2D eigenvalue weighted by atomic mass is 10.0. The van der Waals surface area contributed by atoms with Gasteiger partial charge in [-0.1, -0.05) is 44.2 Å². The number of fused-ring (bicyclic) bond motifs is 1. The Bertz CT molecular complexity index is 718. The molecule has 0 aromatic heterocycles. The summed E-state index contributed by atoms with van der Waals surface area (Å²) < 4.78 is 5.39. The minimum Gasteiger partial charge on any atom is -0.381 e. The van der Waals surface area contributed by atoms with Gasteiger partial charge in [-0.05, 0) is 30.2 Å². The number of hydrogen-bond acceptors (Lipinski definition) is 4. The summed E-state index contributed by atoms with van der Waals surface area (Å²) in [5.41, 5.74) is 1.16. The highest BCUT2D eigenvalue weighted by Crippen LogP contribution is 2.32. The molecule has 6 heteroatoms. The summed E-state index contributed by atoms with van der Waals surface area (Å²) in [7, 11) is 0. The molecule has 0 bridgehead atoms. The molecule has 3 saturated heterocycles. The smallest absolute Gasteiger partial charge is 0.226 e. The fourth-order valence-electron chi connectivity index (χ4n) is 5.17. The molecule has 0 aliphatic carbocycles. The van der Waals surface area contributed by atoms with Crippen LogP contribution in [0.25, 0.3) is 0 Å². The van der Waals surface area contributed by atoms with E-state index in [0.717, 1.165) is 51.1 Å². The molecular weight excluding hydrogens is 378 g/mol. The van der Waals surface area contributed by atoms with Crippen LogP contribution >= 0.6 is 0 Å². The molecule has 3 aliphatic rings. The molecule has 4 rings (SSSR count). The summed E-state index contributed by atoms with van der Waals surface area (Å²) in [6.45, 7) is 10.1. The molecule has 0 spiro atoms. The molecule has 0 saturated carbocycles. The van der Waals surface area contributed by atoms with Crippen LogP contribution < -0.4 is 5.32 Å². The second-order valence-corrected chi connectivity index (χ2v) is 9.50. The Hall–Kier alpha value is -1.92. The molecule has 1 aromatic carbocycles. The number of ether oxygens (including phenoxy) is 1. The van der Waals surface area contributed by atoms with E-state index in [2.05, 4.69) is 27.2 Å². The first-order valence-electron chi connectivity index (χ1n) is 11.5. The van der Waals surface area contributed by atoms with Crippen LogP contribution in [0.1, 0.15) is 38.3 Å². The minimum atomic E-state index is -0.0215. The van der Waals surface area contributed by atoms with Gasteiger partial charge in [-0.3, -0.25) is 9.59 Å². The second kappa shape index (κ2) is 9.48. The predicted octanol–water partition coefficient (Wildman–Crippen LogP) is 2.32. The molecular formula is C24H35N3O3. The van der Waals surface area contributed by atoms with Gasteiger partial charge in [-0.15, -0.1) is 0 Å². The zero-order valence-corrected chi connectivity index (χ0v) is 18.3. The largest absolute Gasteiger partial charge is 0.381 e. The average Bonchev–Trinajstić information content (AvgIpc) is 3.47. The van der Waals surface area contributed by atoms with E-state index in [4.69, 9.17) is 4.74 Å². The molecule has 1 N–H and O–H groups in total. The highest BCUT2D eigenvalue weighted by Gasteiger charge is 2.41. The van der Waals surface area contributed by atoms with E-state index in [1.54, 1.807) is 0 Å². The second-order valence-electron chi connectivity index (χ2n) is 9.50. The highest BCUT2D eigenvalue weighted by molar-refractivity contribution is 5.79. The van der Waals surface area contributed by atoms with Crippen LogP contribution in [0.15, 0.2) is 30.3 Å². The van der Waals surface area contributed by atoms with Crippen molar-refractivity contribution in [2.45, 2.75) is 32.7 Å². The molecule has 4 atom stereocenters. The fraction of sp³-hybridized carbons (Fsp3) is 0.667. The van der Waals surface area contributed by atoms with E-state index in [1.165, 1.54) is 0 Å². The zero-order valence-electron chi connectivity index (χ0n) is 18.3. The van der Waals surface area contributed by atoms with E-state index >= 15 is 0 Å². The summed E-state index contributed by atoms with van der Waals surface area (Å²) in [5.74, 6) is 1.65. The summed E-state index contributed by atoms with van der Waals surface area (Å²) in [5, 5.41) is 3.29. The van der Waals surface area contributed by atoms with Gasteiger partial charge in [-0.25, -0.2) is 0 Å². The Morgan fingerprint density at radius 1 is 1.10 bits per heavy atom. The van der Waals surface area contributed by atoms with Gasteiger partial charge in [0.05, 0.1) is 18.6 Å². The van der Waals surface area contributed by atoms with Crippen molar-refractivity contribution in [2.24, 2.45) is 23.7 Å². The SMILES string of the molecule is CC(C)C(=O)N1CC2CN(CC[C@H](NC(=O)C3CCOC3)c3ccccc3)CC2C1. The summed E-state index contributed by atoms with van der Waals surface area (Å²) in [4.78, 5) is 29.6. The summed E-state index contributed by atoms with van der Waals surface area (Å²) >= 11 is 0. The minimum absolute atomic E-state index is 0.0215. The molecule has 1 aromatic rings. The first kappa shape index (κ1) is 21.3. The van der Waals surface area contributed by atoms with Crippen molar-refractivity contribution >= 4 is 11.8 Å². The maximum Gasteiger partial charge on any atom is 0.226 e. The van der Waals surface area contributed by atoms with Crippen LogP contribution in [0.4, 0.5) is 0 Å². The van der Waals surface area contributed by atoms with Crippen molar-refractivity contribution in [2.75, 3.05) is 45.9 Å². The number of carbonyl (C=O) groups excluding carboxylic acids is 2. The van der Waals surface area contributed by atoms with E-state index in [-0.39, 0.29) is 23.8 Å². The number of hydrogen-bond donors (Lipinski definition) is 1. The van der Waals surface area contributed by atoms with Gasteiger partial charge in [0, 0.05) is 45.2 Å². The Kier molecular flexibility index (Phi) is 6.74. The van der Waals surface area contributed by atoms with Crippen LogP contribution in [-0.2, 0) is 14.3 Å². The quantitative estimate of drug-likeness (QED) is 0.745. The van der Waals surface area contributed by atoms with Crippen LogP contribution in [0, 0.1) is 23.7 Å². The third-order valence-corrected chi connectivity index (χ3v) is 6.92. The van der Waals surface area contributed by atoms with Gasteiger partial charge >= 0.3 is 0 Å². The van der Waals surface area contributed by atoms with E-state index in [9.17, 15) is 9.59 Å². The Morgan fingerprint density at radius 3 is 2.40 bits per heavy atom. The number of benzene rings is 1. The van der Waals surface area contributed by atoms with E-state index in [0.29, 0.717) is 31.0 Å². The van der Waals surface area contributed by atoms with E-state index < -0.39 is 0 Å². The Labute approximate surface area is 179 Å². The number of carbonyl (C=O) groups is 2. The van der Waals surface area contributed by atoms with E-state index in [1.807, 2.05) is 32.0 Å². The summed E-state index contributed by atoms with van der Waals surface area (Å²) in [6, 6.07) is 10.3. The molecule has 30 heavy (non-hydrogen) atoms. The van der Waals surface area contributed by atoms with Crippen LogP contribution in [0.3, 0.4) is 0 Å². The van der Waals surface area contributed by atoms with Crippen molar-refractivity contribution in [1.29, 1.82) is 0 Å². The van der Waals surface area contributed by atoms with Crippen molar-refractivity contribution in [3.05, 3.63) is 35.9 Å². The molecule has 6 nitrogen and oxygen atoms in total. The number of amides is 2.